The highest BCUT2D eigenvalue weighted by atomic mass is 16.2. The maximum absolute atomic E-state index is 12.5. The minimum absolute atomic E-state index is 0.347. The van der Waals surface area contributed by atoms with E-state index < -0.39 is 0 Å². The molecule has 0 unspecified atom stereocenters. The van der Waals surface area contributed by atoms with Gasteiger partial charge in [0.05, 0.1) is 5.69 Å². The fourth-order valence-corrected chi connectivity index (χ4v) is 3.86. The summed E-state index contributed by atoms with van der Waals surface area (Å²) >= 11 is 0. The SMILES string of the molecule is CN(Cc1ccccn1)[C@H]1CCCN(C(=O)C[C@@H]2C=CCC2)CC1. The number of pyridine rings is 1. The Morgan fingerprint density at radius 3 is 2.96 bits per heavy atom. The Hall–Kier alpha value is -1.68. The first kappa shape index (κ1) is 17.2. The number of nitrogens with zero attached hydrogens (tertiary/aromatic N) is 3. The third-order valence-corrected chi connectivity index (χ3v) is 5.36. The average Bonchev–Trinajstić information content (AvgIpc) is 2.96. The van der Waals surface area contributed by atoms with Crippen LogP contribution in [0, 0.1) is 5.92 Å². The summed E-state index contributed by atoms with van der Waals surface area (Å²) in [5, 5.41) is 0. The van der Waals surface area contributed by atoms with Crippen molar-refractivity contribution in [1.82, 2.24) is 14.8 Å². The Labute approximate surface area is 145 Å². The number of likely N-dealkylation sites (tertiary alicyclic amines) is 1. The molecule has 2 atom stereocenters. The second kappa shape index (κ2) is 8.43. The fourth-order valence-electron chi connectivity index (χ4n) is 3.86. The van der Waals surface area contributed by atoms with Gasteiger partial charge in [0.1, 0.15) is 0 Å². The van der Waals surface area contributed by atoms with Gasteiger partial charge in [-0.2, -0.15) is 0 Å². The molecule has 2 aliphatic rings. The van der Waals surface area contributed by atoms with Gasteiger partial charge in [0.2, 0.25) is 5.91 Å². The molecule has 1 aromatic rings. The molecule has 0 bridgehead atoms. The number of carbonyl (C=O) groups excluding carboxylic acids is 1. The molecule has 24 heavy (non-hydrogen) atoms. The van der Waals surface area contributed by atoms with Crippen LogP contribution in [0.4, 0.5) is 0 Å². The zero-order chi connectivity index (χ0) is 16.8. The lowest BCUT2D eigenvalue weighted by molar-refractivity contribution is -0.131. The molecule has 1 amide bonds. The Morgan fingerprint density at radius 2 is 2.21 bits per heavy atom. The lowest BCUT2D eigenvalue weighted by atomic mass is 10.0. The van der Waals surface area contributed by atoms with Crippen LogP contribution in [0.5, 0.6) is 0 Å². The summed E-state index contributed by atoms with van der Waals surface area (Å²) in [6.45, 7) is 2.70. The molecule has 0 aromatic carbocycles. The molecule has 1 fully saturated rings. The van der Waals surface area contributed by atoms with Crippen LogP contribution in [-0.2, 0) is 11.3 Å². The standard InChI is InChI=1S/C20H29N3O/c1-22(16-18-9-4-5-12-21-18)19-10-6-13-23(14-11-19)20(24)15-17-7-2-3-8-17/h2,4-5,7,9,12,17,19H,3,6,8,10-11,13-16H2,1H3/t17-,19+/m1/s1. The molecule has 2 heterocycles. The van der Waals surface area contributed by atoms with Gasteiger partial charge in [0.25, 0.3) is 0 Å². The summed E-state index contributed by atoms with van der Waals surface area (Å²) in [7, 11) is 2.18. The van der Waals surface area contributed by atoms with Gasteiger partial charge in [-0.05, 0) is 57.2 Å². The van der Waals surface area contributed by atoms with Gasteiger partial charge >= 0.3 is 0 Å². The number of hydrogen-bond donors (Lipinski definition) is 0. The molecule has 4 heteroatoms. The molecule has 130 valence electrons. The summed E-state index contributed by atoms with van der Waals surface area (Å²) < 4.78 is 0. The molecule has 0 radical (unpaired) electrons. The Morgan fingerprint density at radius 1 is 1.29 bits per heavy atom. The zero-order valence-electron chi connectivity index (χ0n) is 14.7. The van der Waals surface area contributed by atoms with E-state index in [1.54, 1.807) is 0 Å². The quantitative estimate of drug-likeness (QED) is 0.779. The zero-order valence-corrected chi connectivity index (χ0v) is 14.7. The summed E-state index contributed by atoms with van der Waals surface area (Å²) in [5.41, 5.74) is 1.12. The van der Waals surface area contributed by atoms with Gasteiger partial charge in [-0.25, -0.2) is 0 Å². The smallest absolute Gasteiger partial charge is 0.223 e. The van der Waals surface area contributed by atoms with Crippen molar-refractivity contribution >= 4 is 5.91 Å². The third kappa shape index (κ3) is 4.67. The van der Waals surface area contributed by atoms with E-state index in [0.717, 1.165) is 57.4 Å². The monoisotopic (exact) mass is 327 g/mol. The van der Waals surface area contributed by atoms with Gasteiger partial charge in [-0.1, -0.05) is 18.2 Å². The van der Waals surface area contributed by atoms with Crippen LogP contribution in [0.1, 0.15) is 44.2 Å². The predicted octanol–water partition coefficient (Wildman–Crippen LogP) is 3.25. The Balaban J connectivity index is 1.49. The molecular weight excluding hydrogens is 298 g/mol. The molecule has 3 rings (SSSR count). The maximum Gasteiger partial charge on any atom is 0.223 e. The molecular formula is C20H29N3O. The van der Waals surface area contributed by atoms with Crippen molar-refractivity contribution in [2.24, 2.45) is 5.92 Å². The predicted molar refractivity (Wildman–Crippen MR) is 96.4 cm³/mol. The first-order chi connectivity index (χ1) is 11.7. The van der Waals surface area contributed by atoms with Crippen LogP contribution in [0.3, 0.4) is 0 Å². The lowest BCUT2D eigenvalue weighted by Gasteiger charge is -2.27. The van der Waals surface area contributed by atoms with Crippen LogP contribution >= 0.6 is 0 Å². The lowest BCUT2D eigenvalue weighted by Crippen LogP contribution is -2.35. The van der Waals surface area contributed by atoms with Crippen molar-refractivity contribution in [1.29, 1.82) is 0 Å². The second-order valence-corrected chi connectivity index (χ2v) is 7.17. The van der Waals surface area contributed by atoms with Gasteiger partial charge in [0.15, 0.2) is 0 Å². The summed E-state index contributed by atoms with van der Waals surface area (Å²) in [4.78, 5) is 21.5. The minimum Gasteiger partial charge on any atom is -0.343 e. The van der Waals surface area contributed by atoms with Crippen LogP contribution in [0.15, 0.2) is 36.5 Å². The van der Waals surface area contributed by atoms with E-state index in [9.17, 15) is 4.79 Å². The normalized spacial score (nSPS) is 24.3. The first-order valence-corrected chi connectivity index (χ1v) is 9.27. The number of carbonyl (C=O) groups is 1. The van der Waals surface area contributed by atoms with E-state index in [4.69, 9.17) is 0 Å². The fraction of sp³-hybridized carbons (Fsp3) is 0.600. The molecule has 0 saturated carbocycles. The number of allylic oxidation sites excluding steroid dienone is 2. The number of hydrogen-bond acceptors (Lipinski definition) is 3. The van der Waals surface area contributed by atoms with E-state index in [0.29, 0.717) is 24.3 Å². The van der Waals surface area contributed by atoms with Gasteiger partial charge < -0.3 is 4.90 Å². The van der Waals surface area contributed by atoms with E-state index >= 15 is 0 Å². The highest BCUT2D eigenvalue weighted by Gasteiger charge is 2.24. The molecule has 4 nitrogen and oxygen atoms in total. The number of amides is 1. The third-order valence-electron chi connectivity index (χ3n) is 5.36. The van der Waals surface area contributed by atoms with Crippen molar-refractivity contribution < 1.29 is 4.79 Å². The van der Waals surface area contributed by atoms with Crippen molar-refractivity contribution in [2.75, 3.05) is 20.1 Å². The van der Waals surface area contributed by atoms with Crippen molar-refractivity contribution in [3.63, 3.8) is 0 Å². The van der Waals surface area contributed by atoms with Gasteiger partial charge in [0, 0.05) is 38.3 Å². The highest BCUT2D eigenvalue weighted by molar-refractivity contribution is 5.76. The largest absolute Gasteiger partial charge is 0.343 e. The van der Waals surface area contributed by atoms with Crippen LogP contribution in [0.25, 0.3) is 0 Å². The Bertz CT molecular complexity index is 557. The molecule has 1 aromatic heterocycles. The molecule has 0 spiro atoms. The molecule has 1 saturated heterocycles. The second-order valence-electron chi connectivity index (χ2n) is 7.17. The number of rotatable bonds is 5. The van der Waals surface area contributed by atoms with E-state index in [1.165, 1.54) is 0 Å². The van der Waals surface area contributed by atoms with Crippen LogP contribution in [-0.4, -0.2) is 46.9 Å². The van der Waals surface area contributed by atoms with E-state index in [-0.39, 0.29) is 0 Å². The minimum atomic E-state index is 0.347. The summed E-state index contributed by atoms with van der Waals surface area (Å²) in [6, 6.07) is 6.62. The van der Waals surface area contributed by atoms with Crippen molar-refractivity contribution in [2.45, 2.75) is 51.1 Å². The van der Waals surface area contributed by atoms with Gasteiger partial charge in [-0.3, -0.25) is 14.7 Å². The van der Waals surface area contributed by atoms with E-state index in [2.05, 4.69) is 40.0 Å². The first-order valence-electron chi connectivity index (χ1n) is 9.27. The average molecular weight is 327 g/mol. The highest BCUT2D eigenvalue weighted by Crippen LogP contribution is 2.23. The Kier molecular flexibility index (Phi) is 6.02. The summed E-state index contributed by atoms with van der Waals surface area (Å²) in [6.07, 6.45) is 12.6. The number of aromatic nitrogens is 1. The molecule has 1 aliphatic heterocycles. The summed E-state index contributed by atoms with van der Waals surface area (Å²) in [5.74, 6) is 0.822. The van der Waals surface area contributed by atoms with Crippen molar-refractivity contribution in [3.8, 4) is 0 Å². The molecule has 0 N–H and O–H groups in total. The molecule has 1 aliphatic carbocycles. The van der Waals surface area contributed by atoms with Crippen LogP contribution in [0.2, 0.25) is 0 Å². The van der Waals surface area contributed by atoms with Crippen molar-refractivity contribution in [3.05, 3.63) is 42.2 Å². The van der Waals surface area contributed by atoms with Gasteiger partial charge in [-0.15, -0.1) is 0 Å². The maximum atomic E-state index is 12.5. The van der Waals surface area contributed by atoms with E-state index in [1.807, 2.05) is 18.3 Å². The topological polar surface area (TPSA) is 36.4 Å². The van der Waals surface area contributed by atoms with Crippen LogP contribution < -0.4 is 0 Å².